The molecule has 0 radical (unpaired) electrons. The summed E-state index contributed by atoms with van der Waals surface area (Å²) in [6.07, 6.45) is -4.82. The number of aliphatic carboxylic acids is 1. The molecule has 1 aromatic heterocycles. The zero-order valence-electron chi connectivity index (χ0n) is 6.13. The van der Waals surface area contributed by atoms with Crippen LogP contribution in [-0.2, 0) is 17.4 Å². The van der Waals surface area contributed by atoms with Gasteiger partial charge in [0.05, 0.1) is 6.20 Å². The molecule has 0 aromatic carbocycles. The highest BCUT2D eigenvalue weighted by atomic mass is 19.4. The monoisotopic (exact) mass is 195 g/mol. The molecule has 0 aliphatic rings. The zero-order valence-corrected chi connectivity index (χ0v) is 6.13. The molecule has 0 atom stereocenters. The summed E-state index contributed by atoms with van der Waals surface area (Å²) in [4.78, 5) is 13.2. The number of carboxylic acid groups (broad SMARTS) is 1. The first-order valence-corrected chi connectivity index (χ1v) is 3.13. The van der Waals surface area contributed by atoms with E-state index in [0.29, 0.717) is 6.20 Å². The summed E-state index contributed by atoms with van der Waals surface area (Å²) in [6, 6.07) is 0. The summed E-state index contributed by atoms with van der Waals surface area (Å²) in [5.41, 5.74) is 0. The lowest BCUT2D eigenvalue weighted by Gasteiger charge is -1.98. The fourth-order valence-corrected chi connectivity index (χ4v) is 0.652. The van der Waals surface area contributed by atoms with E-state index in [0.717, 1.165) is 0 Å². The van der Waals surface area contributed by atoms with E-state index in [2.05, 4.69) is 9.40 Å². The van der Waals surface area contributed by atoms with Gasteiger partial charge in [0, 0.05) is 0 Å². The fraction of sp³-hybridized carbons (Fsp3) is 0.333. The van der Waals surface area contributed by atoms with E-state index in [1.165, 1.54) is 0 Å². The lowest BCUT2D eigenvalue weighted by Crippen LogP contribution is -2.03. The SMILES string of the molecule is O=C(O)Cc1ncc(C(F)(F)F)o1. The summed E-state index contributed by atoms with van der Waals surface area (Å²) >= 11 is 0. The number of halogens is 3. The van der Waals surface area contributed by atoms with Crippen molar-refractivity contribution < 1.29 is 27.5 Å². The van der Waals surface area contributed by atoms with Crippen LogP contribution in [0.1, 0.15) is 11.7 Å². The first-order chi connectivity index (χ1) is 5.89. The minimum absolute atomic E-state index is 0.457. The summed E-state index contributed by atoms with van der Waals surface area (Å²) in [5, 5.41) is 8.20. The molecule has 1 aromatic rings. The van der Waals surface area contributed by atoms with Gasteiger partial charge in [-0.2, -0.15) is 13.2 Å². The van der Waals surface area contributed by atoms with Crippen LogP contribution in [0.5, 0.6) is 0 Å². The van der Waals surface area contributed by atoms with E-state index in [9.17, 15) is 18.0 Å². The number of nitrogens with zero attached hydrogens (tertiary/aromatic N) is 1. The van der Waals surface area contributed by atoms with Crippen molar-refractivity contribution in [1.82, 2.24) is 4.98 Å². The second-order valence-electron chi connectivity index (χ2n) is 2.19. The molecule has 0 amide bonds. The third-order valence-corrected chi connectivity index (χ3v) is 1.14. The Kier molecular flexibility index (Phi) is 2.26. The Morgan fingerprint density at radius 2 is 2.23 bits per heavy atom. The van der Waals surface area contributed by atoms with E-state index in [1.54, 1.807) is 0 Å². The van der Waals surface area contributed by atoms with Crippen molar-refractivity contribution >= 4 is 5.97 Å². The minimum Gasteiger partial charge on any atom is -0.481 e. The van der Waals surface area contributed by atoms with Crippen molar-refractivity contribution in [2.75, 3.05) is 0 Å². The standard InChI is InChI=1S/C6H4F3NO3/c7-6(8,9)3-2-10-4(13-3)1-5(11)12/h2H,1H2,(H,11,12). The Morgan fingerprint density at radius 3 is 2.62 bits per heavy atom. The maximum Gasteiger partial charge on any atom is 0.451 e. The summed E-state index contributed by atoms with van der Waals surface area (Å²) < 4.78 is 39.7. The van der Waals surface area contributed by atoms with Gasteiger partial charge < -0.3 is 9.52 Å². The highest BCUT2D eigenvalue weighted by molar-refractivity contribution is 5.68. The van der Waals surface area contributed by atoms with Gasteiger partial charge in [-0.05, 0) is 0 Å². The number of carbonyl (C=O) groups is 1. The normalized spacial score (nSPS) is 11.6. The first-order valence-electron chi connectivity index (χ1n) is 3.13. The van der Waals surface area contributed by atoms with Gasteiger partial charge in [-0.1, -0.05) is 0 Å². The number of hydrogen-bond donors (Lipinski definition) is 1. The second kappa shape index (κ2) is 3.08. The van der Waals surface area contributed by atoms with Gasteiger partial charge in [0.1, 0.15) is 6.42 Å². The molecule has 1 N–H and O–H groups in total. The molecule has 0 aliphatic heterocycles. The summed E-state index contributed by atoms with van der Waals surface area (Å²) in [5.74, 6) is -3.04. The maximum atomic E-state index is 11.9. The van der Waals surface area contributed by atoms with Crippen molar-refractivity contribution in [2.24, 2.45) is 0 Å². The van der Waals surface area contributed by atoms with Gasteiger partial charge in [-0.15, -0.1) is 0 Å². The van der Waals surface area contributed by atoms with Crippen LogP contribution < -0.4 is 0 Å². The van der Waals surface area contributed by atoms with E-state index >= 15 is 0 Å². The summed E-state index contributed by atoms with van der Waals surface area (Å²) in [6.45, 7) is 0. The molecule has 72 valence electrons. The molecule has 4 nitrogen and oxygen atoms in total. The van der Waals surface area contributed by atoms with Crippen LogP contribution in [0.3, 0.4) is 0 Å². The fourth-order valence-electron chi connectivity index (χ4n) is 0.652. The van der Waals surface area contributed by atoms with Crippen LogP contribution >= 0.6 is 0 Å². The number of oxazole rings is 1. The molecule has 7 heteroatoms. The van der Waals surface area contributed by atoms with Gasteiger partial charge in [-0.3, -0.25) is 4.79 Å². The summed E-state index contributed by atoms with van der Waals surface area (Å²) in [7, 11) is 0. The van der Waals surface area contributed by atoms with E-state index in [-0.39, 0.29) is 0 Å². The molecule has 1 rings (SSSR count). The molecule has 1 heterocycles. The van der Waals surface area contributed by atoms with E-state index < -0.39 is 30.2 Å². The highest BCUT2D eigenvalue weighted by Crippen LogP contribution is 2.29. The average molecular weight is 195 g/mol. The van der Waals surface area contributed by atoms with Gasteiger partial charge >= 0.3 is 12.1 Å². The first kappa shape index (κ1) is 9.56. The number of carboxylic acids is 1. The van der Waals surface area contributed by atoms with Crippen LogP contribution in [0.25, 0.3) is 0 Å². The molecule has 0 unspecified atom stereocenters. The zero-order chi connectivity index (χ0) is 10.1. The molecule has 0 bridgehead atoms. The number of alkyl halides is 3. The van der Waals surface area contributed by atoms with Crippen LogP contribution in [0.15, 0.2) is 10.6 Å². The lowest BCUT2D eigenvalue weighted by atomic mass is 10.4. The number of rotatable bonds is 2. The Balaban J connectivity index is 2.81. The average Bonchev–Trinajstić information content (AvgIpc) is 2.32. The topological polar surface area (TPSA) is 63.3 Å². The Bertz CT molecular complexity index is 317. The number of aromatic nitrogens is 1. The van der Waals surface area contributed by atoms with Crippen LogP contribution in [0.4, 0.5) is 13.2 Å². The molecular weight excluding hydrogens is 191 g/mol. The van der Waals surface area contributed by atoms with Crippen LogP contribution in [0.2, 0.25) is 0 Å². The quantitative estimate of drug-likeness (QED) is 0.772. The van der Waals surface area contributed by atoms with E-state index in [4.69, 9.17) is 5.11 Å². The highest BCUT2D eigenvalue weighted by Gasteiger charge is 2.35. The molecule has 0 saturated heterocycles. The predicted molar refractivity (Wildman–Crippen MR) is 32.8 cm³/mol. The van der Waals surface area contributed by atoms with Crippen molar-refractivity contribution in [2.45, 2.75) is 12.6 Å². The van der Waals surface area contributed by atoms with Gasteiger partial charge in [0.15, 0.2) is 0 Å². The number of hydrogen-bond acceptors (Lipinski definition) is 3. The van der Waals surface area contributed by atoms with Crippen molar-refractivity contribution in [3.8, 4) is 0 Å². The Hall–Kier alpha value is -1.53. The van der Waals surface area contributed by atoms with Crippen LogP contribution in [0, 0.1) is 0 Å². The maximum absolute atomic E-state index is 11.9. The van der Waals surface area contributed by atoms with Crippen molar-refractivity contribution in [3.05, 3.63) is 17.8 Å². The van der Waals surface area contributed by atoms with Gasteiger partial charge in [0.25, 0.3) is 0 Å². The van der Waals surface area contributed by atoms with Crippen LogP contribution in [-0.4, -0.2) is 16.1 Å². The molecule has 0 spiro atoms. The van der Waals surface area contributed by atoms with Gasteiger partial charge in [0.2, 0.25) is 11.7 Å². The van der Waals surface area contributed by atoms with Crippen molar-refractivity contribution in [1.29, 1.82) is 0 Å². The lowest BCUT2D eigenvalue weighted by molar-refractivity contribution is -0.154. The Morgan fingerprint density at radius 1 is 1.62 bits per heavy atom. The molecule has 0 aliphatic carbocycles. The Labute approximate surface area is 70.0 Å². The molecule has 0 saturated carbocycles. The third kappa shape index (κ3) is 2.46. The second-order valence-corrected chi connectivity index (χ2v) is 2.19. The third-order valence-electron chi connectivity index (χ3n) is 1.14. The van der Waals surface area contributed by atoms with Crippen molar-refractivity contribution in [3.63, 3.8) is 0 Å². The van der Waals surface area contributed by atoms with Gasteiger partial charge in [-0.25, -0.2) is 4.98 Å². The molecule has 0 fully saturated rings. The largest absolute Gasteiger partial charge is 0.481 e. The smallest absolute Gasteiger partial charge is 0.451 e. The minimum atomic E-state index is -4.62. The van der Waals surface area contributed by atoms with E-state index in [1.807, 2.05) is 0 Å². The predicted octanol–water partition coefficient (Wildman–Crippen LogP) is 1.32. The molecular formula is C6H4F3NO3. The molecule has 13 heavy (non-hydrogen) atoms.